The Balaban J connectivity index is 1.80. The summed E-state index contributed by atoms with van der Waals surface area (Å²) < 4.78 is 0. The first kappa shape index (κ1) is 33.7. The molecular formula is C31H45N9O4. The number of carbonyl (C=O) groups is 3. The van der Waals surface area contributed by atoms with Gasteiger partial charge >= 0.3 is 0 Å². The largest absolute Gasteiger partial charge is 0.508 e. The Hall–Kier alpha value is -4.81. The van der Waals surface area contributed by atoms with Crippen molar-refractivity contribution in [2.75, 3.05) is 6.54 Å². The number of nitrogens with one attached hydrogen (secondary N) is 3. The lowest BCUT2D eigenvalue weighted by atomic mass is 9.95. The molecule has 0 saturated heterocycles. The van der Waals surface area contributed by atoms with Crippen LogP contribution in [0.3, 0.4) is 0 Å². The molecule has 44 heavy (non-hydrogen) atoms. The molecule has 238 valence electrons. The Morgan fingerprint density at radius 1 is 0.773 bits per heavy atom. The van der Waals surface area contributed by atoms with E-state index in [9.17, 15) is 19.5 Å². The fourth-order valence-corrected chi connectivity index (χ4v) is 5.15. The van der Waals surface area contributed by atoms with Crippen LogP contribution in [0.15, 0.2) is 64.6 Å². The van der Waals surface area contributed by atoms with Crippen molar-refractivity contribution in [1.82, 2.24) is 16.0 Å². The Morgan fingerprint density at radius 2 is 1.41 bits per heavy atom. The Morgan fingerprint density at radius 3 is 2.05 bits per heavy atom. The minimum Gasteiger partial charge on any atom is -0.508 e. The van der Waals surface area contributed by atoms with Crippen LogP contribution >= 0.6 is 0 Å². The third-order valence-electron chi connectivity index (χ3n) is 7.42. The second kappa shape index (κ2) is 17.3. The molecule has 0 spiro atoms. The summed E-state index contributed by atoms with van der Waals surface area (Å²) in [6.07, 6.45) is 5.98. The van der Waals surface area contributed by atoms with E-state index in [4.69, 9.17) is 22.9 Å². The maximum atomic E-state index is 13.7. The van der Waals surface area contributed by atoms with E-state index < -0.39 is 29.9 Å². The molecule has 1 aliphatic rings. The zero-order valence-electron chi connectivity index (χ0n) is 25.0. The monoisotopic (exact) mass is 607 g/mol. The number of nitrogens with two attached hydrogens (primary N) is 4. The van der Waals surface area contributed by atoms with Gasteiger partial charge in [0.25, 0.3) is 0 Å². The fourth-order valence-electron chi connectivity index (χ4n) is 5.15. The van der Waals surface area contributed by atoms with Crippen LogP contribution in [-0.2, 0) is 27.2 Å². The van der Waals surface area contributed by atoms with E-state index in [1.807, 2.05) is 30.3 Å². The van der Waals surface area contributed by atoms with Crippen LogP contribution in [0.25, 0.3) is 0 Å². The summed E-state index contributed by atoms with van der Waals surface area (Å²) >= 11 is 0. The van der Waals surface area contributed by atoms with Gasteiger partial charge in [0.1, 0.15) is 23.9 Å². The van der Waals surface area contributed by atoms with E-state index >= 15 is 0 Å². The number of phenolic OH excluding ortho intramolecular Hbond substituents is 1. The highest BCUT2D eigenvalue weighted by molar-refractivity contribution is 5.94. The number of benzene rings is 2. The van der Waals surface area contributed by atoms with Gasteiger partial charge in [-0.3, -0.25) is 19.4 Å². The highest BCUT2D eigenvalue weighted by atomic mass is 16.3. The Kier molecular flexibility index (Phi) is 13.3. The molecule has 0 bridgehead atoms. The summed E-state index contributed by atoms with van der Waals surface area (Å²) in [6, 6.07) is 12.8. The van der Waals surface area contributed by atoms with Crippen molar-refractivity contribution in [2.24, 2.45) is 32.9 Å². The zero-order chi connectivity index (χ0) is 31.9. The van der Waals surface area contributed by atoms with Crippen LogP contribution in [0, 0.1) is 0 Å². The molecular weight excluding hydrogens is 562 g/mol. The number of phenols is 1. The summed E-state index contributed by atoms with van der Waals surface area (Å²) in [5, 5.41) is 18.4. The quantitative estimate of drug-likeness (QED) is 0.0794. The van der Waals surface area contributed by atoms with Gasteiger partial charge in [-0.2, -0.15) is 0 Å². The van der Waals surface area contributed by atoms with Gasteiger partial charge in [0.15, 0.2) is 11.9 Å². The number of amides is 3. The third-order valence-corrected chi connectivity index (χ3v) is 7.42. The second-order valence-corrected chi connectivity index (χ2v) is 11.0. The molecule has 2 aromatic carbocycles. The fraction of sp³-hybridized carbons (Fsp3) is 0.452. The summed E-state index contributed by atoms with van der Waals surface area (Å²) in [5.74, 6) is -1.69. The van der Waals surface area contributed by atoms with E-state index in [1.54, 1.807) is 12.1 Å². The molecule has 0 heterocycles. The van der Waals surface area contributed by atoms with Gasteiger partial charge in [0.05, 0.1) is 0 Å². The van der Waals surface area contributed by atoms with Crippen molar-refractivity contribution < 1.29 is 19.5 Å². The number of carbonyl (C=O) groups excluding carboxylic acids is 3. The van der Waals surface area contributed by atoms with Crippen molar-refractivity contribution in [3.63, 3.8) is 0 Å². The second-order valence-electron chi connectivity index (χ2n) is 11.0. The molecule has 3 rings (SSSR count). The van der Waals surface area contributed by atoms with Crippen LogP contribution in [0.2, 0.25) is 0 Å². The molecule has 0 unspecified atom stereocenters. The number of aliphatic imine (C=N–C) groups is 2. The van der Waals surface area contributed by atoms with E-state index in [2.05, 4.69) is 25.9 Å². The highest BCUT2D eigenvalue weighted by Gasteiger charge is 2.30. The molecule has 13 heteroatoms. The smallest absolute Gasteiger partial charge is 0.245 e. The van der Waals surface area contributed by atoms with Crippen molar-refractivity contribution in [2.45, 2.75) is 82.0 Å². The number of aromatic hydroxyl groups is 1. The lowest BCUT2D eigenvalue weighted by Crippen LogP contribution is -2.56. The van der Waals surface area contributed by atoms with Gasteiger partial charge in [-0.25, -0.2) is 4.99 Å². The average molecular weight is 608 g/mol. The van der Waals surface area contributed by atoms with E-state index in [1.165, 1.54) is 12.1 Å². The molecule has 3 atom stereocenters. The number of rotatable bonds is 15. The first-order chi connectivity index (χ1) is 21.1. The van der Waals surface area contributed by atoms with Gasteiger partial charge in [-0.15, -0.1) is 0 Å². The molecule has 0 radical (unpaired) electrons. The highest BCUT2D eigenvalue weighted by Crippen LogP contribution is 2.18. The van der Waals surface area contributed by atoms with Gasteiger partial charge in [-0.05, 0) is 48.9 Å². The molecule has 2 aromatic rings. The molecule has 13 nitrogen and oxygen atoms in total. The lowest BCUT2D eigenvalue weighted by molar-refractivity contribution is -0.132. The van der Waals surface area contributed by atoms with Crippen molar-refractivity contribution >= 4 is 29.6 Å². The standard InChI is InChI=1S/C31H45N9O4/c32-30(33)36-17-7-12-24(38-29(44)26(40-31(34)35)19-21-13-15-23(41)16-14-21)27(42)39-25(18-20-8-3-1-4-9-20)28(43)37-22-10-5-2-6-11-22/h1,3-4,8-9,13-16,22,24-26,41H,2,5-7,10-12,17-19H2,(H,37,43)(H,38,44)(H,39,42)(H4,32,33,36)(H4,34,35,40)/t24-,25+,26+/m1/s1. The van der Waals surface area contributed by atoms with Crippen molar-refractivity contribution in [1.29, 1.82) is 0 Å². The molecule has 3 amide bonds. The SMILES string of the molecule is NC(N)=NCCC[C@@H](NC(=O)[C@H](Cc1ccc(O)cc1)N=C(N)N)C(=O)N[C@@H](Cc1ccccc1)C(=O)NC1CCCCC1. The van der Waals surface area contributed by atoms with Crippen molar-refractivity contribution in [3.8, 4) is 5.75 Å². The predicted octanol–water partition coefficient (Wildman–Crippen LogP) is 0.292. The average Bonchev–Trinajstić information content (AvgIpc) is 2.99. The predicted molar refractivity (Wildman–Crippen MR) is 170 cm³/mol. The van der Waals surface area contributed by atoms with Gasteiger partial charge in [-0.1, -0.05) is 61.7 Å². The molecule has 1 fully saturated rings. The Labute approximate surface area is 257 Å². The first-order valence-electron chi connectivity index (χ1n) is 15.0. The van der Waals surface area contributed by atoms with Crippen LogP contribution < -0.4 is 38.9 Å². The lowest BCUT2D eigenvalue weighted by Gasteiger charge is -2.27. The number of guanidine groups is 2. The summed E-state index contributed by atoms with van der Waals surface area (Å²) in [6.45, 7) is 0.239. The van der Waals surface area contributed by atoms with Crippen LogP contribution in [0.4, 0.5) is 0 Å². The molecule has 0 aromatic heterocycles. The number of hydrogen-bond acceptors (Lipinski definition) is 6. The molecule has 1 aliphatic carbocycles. The Bertz CT molecular complexity index is 1270. The molecule has 12 N–H and O–H groups in total. The number of hydrogen-bond donors (Lipinski definition) is 8. The normalized spacial score (nSPS) is 15.2. The third kappa shape index (κ3) is 11.8. The molecule has 0 aliphatic heterocycles. The zero-order valence-corrected chi connectivity index (χ0v) is 25.0. The van der Waals surface area contributed by atoms with Gasteiger partial charge in [0, 0.05) is 25.4 Å². The van der Waals surface area contributed by atoms with Crippen LogP contribution in [0.5, 0.6) is 5.75 Å². The van der Waals surface area contributed by atoms with Gasteiger partial charge < -0.3 is 44.0 Å². The minimum absolute atomic E-state index is 0.0572. The summed E-state index contributed by atoms with van der Waals surface area (Å²) in [4.78, 5) is 48.7. The van der Waals surface area contributed by atoms with E-state index in [0.717, 1.165) is 37.7 Å². The maximum Gasteiger partial charge on any atom is 0.245 e. The van der Waals surface area contributed by atoms with Gasteiger partial charge in [0.2, 0.25) is 17.7 Å². The van der Waals surface area contributed by atoms with Crippen LogP contribution in [-0.4, -0.2) is 65.5 Å². The van der Waals surface area contributed by atoms with E-state index in [-0.39, 0.29) is 55.4 Å². The van der Waals surface area contributed by atoms with E-state index in [0.29, 0.717) is 12.0 Å². The first-order valence-corrected chi connectivity index (χ1v) is 15.0. The van der Waals surface area contributed by atoms with Crippen molar-refractivity contribution in [3.05, 3.63) is 65.7 Å². The minimum atomic E-state index is -1.05. The van der Waals surface area contributed by atoms with Crippen LogP contribution in [0.1, 0.15) is 56.1 Å². The molecule has 1 saturated carbocycles. The number of nitrogens with zero attached hydrogens (tertiary/aromatic N) is 2. The summed E-state index contributed by atoms with van der Waals surface area (Å²) in [5.41, 5.74) is 23.7. The topological polar surface area (TPSA) is 236 Å². The summed E-state index contributed by atoms with van der Waals surface area (Å²) in [7, 11) is 0. The maximum absolute atomic E-state index is 13.7.